The number of sulfonamides is 1. The number of hydrogen-bond donors (Lipinski definition) is 1. The van der Waals surface area contributed by atoms with Crippen LogP contribution in [0.15, 0.2) is 77.7 Å². The first kappa shape index (κ1) is 20.4. The van der Waals surface area contributed by atoms with Crippen LogP contribution in [-0.4, -0.2) is 28.5 Å². The lowest BCUT2D eigenvalue weighted by Gasteiger charge is -2.19. The second kappa shape index (κ2) is 8.36. The molecule has 3 aromatic carbocycles. The molecule has 0 aliphatic rings. The van der Waals surface area contributed by atoms with E-state index in [0.717, 1.165) is 5.56 Å². The molecule has 0 heterocycles. The van der Waals surface area contributed by atoms with Crippen molar-refractivity contribution in [2.45, 2.75) is 11.8 Å². The van der Waals surface area contributed by atoms with Gasteiger partial charge in [-0.3, -0.25) is 9.10 Å². The normalized spacial score (nSPS) is 11.0. The Hall–Kier alpha value is -3.32. The summed E-state index contributed by atoms with van der Waals surface area (Å²) < 4.78 is 32.1. The van der Waals surface area contributed by atoms with Crippen LogP contribution in [0.4, 0.5) is 11.4 Å². The van der Waals surface area contributed by atoms with Gasteiger partial charge in [0.15, 0.2) is 0 Å². The number of hydrogen-bond acceptors (Lipinski definition) is 4. The predicted octanol–water partition coefficient (Wildman–Crippen LogP) is 4.08. The number of carbonyl (C=O) groups is 1. The van der Waals surface area contributed by atoms with E-state index in [4.69, 9.17) is 4.74 Å². The molecule has 150 valence electrons. The van der Waals surface area contributed by atoms with Gasteiger partial charge in [0.1, 0.15) is 5.75 Å². The van der Waals surface area contributed by atoms with Gasteiger partial charge in [0.25, 0.3) is 15.9 Å². The number of nitrogens with one attached hydrogen (secondary N) is 1. The van der Waals surface area contributed by atoms with E-state index in [1.165, 1.54) is 42.7 Å². The zero-order chi connectivity index (χ0) is 21.0. The van der Waals surface area contributed by atoms with Gasteiger partial charge < -0.3 is 10.1 Å². The SMILES string of the molecule is COc1ccc(C)cc1NC(=O)c1ccc(S(=O)(=O)N(C)c2ccccc2)cc1. The number of methoxy groups -OCH3 is 1. The van der Waals surface area contributed by atoms with Gasteiger partial charge >= 0.3 is 0 Å². The Bertz CT molecular complexity index is 1110. The summed E-state index contributed by atoms with van der Waals surface area (Å²) in [5, 5.41) is 2.80. The standard InChI is InChI=1S/C22H22N2O4S/c1-16-9-14-21(28-3)20(15-16)23-22(25)17-10-12-19(13-11-17)29(26,27)24(2)18-7-5-4-6-8-18/h4-15H,1-3H3,(H,23,25). The summed E-state index contributed by atoms with van der Waals surface area (Å²) in [5.41, 5.74) is 2.43. The van der Waals surface area contributed by atoms with Gasteiger partial charge in [0.2, 0.25) is 0 Å². The maximum atomic E-state index is 12.8. The number of aryl methyl sites for hydroxylation is 1. The Morgan fingerprint density at radius 2 is 1.62 bits per heavy atom. The molecule has 0 bridgehead atoms. The molecule has 0 unspecified atom stereocenters. The second-order valence-corrected chi connectivity index (χ2v) is 8.46. The van der Waals surface area contributed by atoms with Crippen molar-refractivity contribution in [2.75, 3.05) is 23.8 Å². The highest BCUT2D eigenvalue weighted by molar-refractivity contribution is 7.92. The fourth-order valence-electron chi connectivity index (χ4n) is 2.83. The lowest BCUT2D eigenvalue weighted by molar-refractivity contribution is 0.102. The van der Waals surface area contributed by atoms with Crippen LogP contribution in [0.3, 0.4) is 0 Å². The molecule has 3 rings (SSSR count). The van der Waals surface area contributed by atoms with Crippen molar-refractivity contribution in [2.24, 2.45) is 0 Å². The zero-order valence-electron chi connectivity index (χ0n) is 16.4. The van der Waals surface area contributed by atoms with Gasteiger partial charge in [-0.05, 0) is 61.0 Å². The van der Waals surface area contributed by atoms with E-state index in [1.54, 1.807) is 30.3 Å². The molecular weight excluding hydrogens is 388 g/mol. The molecule has 0 saturated heterocycles. The van der Waals surface area contributed by atoms with Crippen LogP contribution < -0.4 is 14.4 Å². The Labute approximate surface area is 170 Å². The molecule has 0 aromatic heterocycles. The van der Waals surface area contributed by atoms with Gasteiger partial charge in [0.05, 0.1) is 23.4 Å². The van der Waals surface area contributed by atoms with E-state index in [0.29, 0.717) is 22.7 Å². The van der Waals surface area contributed by atoms with Crippen molar-refractivity contribution in [3.8, 4) is 5.75 Å². The predicted molar refractivity (Wildman–Crippen MR) is 114 cm³/mol. The van der Waals surface area contributed by atoms with E-state index < -0.39 is 10.0 Å². The number of nitrogens with zero attached hydrogens (tertiary/aromatic N) is 1. The Balaban J connectivity index is 1.81. The van der Waals surface area contributed by atoms with Crippen LogP contribution in [-0.2, 0) is 10.0 Å². The first-order chi connectivity index (χ1) is 13.8. The summed E-state index contributed by atoms with van der Waals surface area (Å²) in [7, 11) is -0.702. The summed E-state index contributed by atoms with van der Waals surface area (Å²) in [5.74, 6) is 0.196. The smallest absolute Gasteiger partial charge is 0.264 e. The molecule has 0 atom stereocenters. The monoisotopic (exact) mass is 410 g/mol. The molecule has 0 aliphatic carbocycles. The number of anilines is 2. The summed E-state index contributed by atoms with van der Waals surface area (Å²) in [6, 6.07) is 20.1. The molecule has 7 heteroatoms. The van der Waals surface area contributed by atoms with Crippen molar-refractivity contribution >= 4 is 27.3 Å². The van der Waals surface area contributed by atoms with Gasteiger partial charge in [-0.25, -0.2) is 8.42 Å². The summed E-state index contributed by atoms with van der Waals surface area (Å²) in [6.07, 6.45) is 0. The Morgan fingerprint density at radius 1 is 0.966 bits per heavy atom. The van der Waals surface area contributed by atoms with Crippen LogP contribution in [0, 0.1) is 6.92 Å². The third kappa shape index (κ3) is 4.41. The molecule has 0 spiro atoms. The lowest BCUT2D eigenvalue weighted by Crippen LogP contribution is -2.26. The number of rotatable bonds is 6. The van der Waals surface area contributed by atoms with E-state index in [2.05, 4.69) is 5.32 Å². The highest BCUT2D eigenvalue weighted by Gasteiger charge is 2.21. The van der Waals surface area contributed by atoms with E-state index in [9.17, 15) is 13.2 Å². The number of ether oxygens (including phenoxy) is 1. The maximum Gasteiger partial charge on any atom is 0.264 e. The minimum atomic E-state index is -3.73. The van der Waals surface area contributed by atoms with Crippen LogP contribution in [0.1, 0.15) is 15.9 Å². The van der Waals surface area contributed by atoms with E-state index in [-0.39, 0.29) is 10.8 Å². The molecule has 0 saturated carbocycles. The summed E-state index contributed by atoms with van der Waals surface area (Å²) in [6.45, 7) is 1.91. The number of carbonyl (C=O) groups excluding carboxylic acids is 1. The van der Waals surface area contributed by atoms with E-state index in [1.807, 2.05) is 25.1 Å². The zero-order valence-corrected chi connectivity index (χ0v) is 17.2. The van der Waals surface area contributed by atoms with Gasteiger partial charge in [-0.15, -0.1) is 0 Å². The average Bonchev–Trinajstić information content (AvgIpc) is 2.74. The van der Waals surface area contributed by atoms with Crippen molar-refractivity contribution in [3.05, 3.63) is 83.9 Å². The Morgan fingerprint density at radius 3 is 2.24 bits per heavy atom. The molecule has 6 nitrogen and oxygen atoms in total. The highest BCUT2D eigenvalue weighted by atomic mass is 32.2. The second-order valence-electron chi connectivity index (χ2n) is 6.49. The van der Waals surface area contributed by atoms with Crippen LogP contribution >= 0.6 is 0 Å². The minimum absolute atomic E-state index is 0.105. The van der Waals surface area contributed by atoms with Crippen LogP contribution in [0.25, 0.3) is 0 Å². The molecule has 3 aromatic rings. The fraction of sp³-hybridized carbons (Fsp3) is 0.136. The summed E-state index contributed by atoms with van der Waals surface area (Å²) >= 11 is 0. The molecule has 1 N–H and O–H groups in total. The maximum absolute atomic E-state index is 12.8. The van der Waals surface area contributed by atoms with Crippen LogP contribution in [0.2, 0.25) is 0 Å². The summed E-state index contributed by atoms with van der Waals surface area (Å²) in [4.78, 5) is 12.7. The van der Waals surface area contributed by atoms with Crippen molar-refractivity contribution in [3.63, 3.8) is 0 Å². The van der Waals surface area contributed by atoms with Crippen LogP contribution in [0.5, 0.6) is 5.75 Å². The largest absolute Gasteiger partial charge is 0.495 e. The van der Waals surface area contributed by atoms with Crippen molar-refractivity contribution in [1.82, 2.24) is 0 Å². The molecule has 1 amide bonds. The number of para-hydroxylation sites is 1. The molecule has 0 aliphatic heterocycles. The lowest BCUT2D eigenvalue weighted by atomic mass is 10.1. The quantitative estimate of drug-likeness (QED) is 0.664. The first-order valence-corrected chi connectivity index (χ1v) is 10.4. The van der Waals surface area contributed by atoms with Gasteiger partial charge in [-0.2, -0.15) is 0 Å². The van der Waals surface area contributed by atoms with Crippen molar-refractivity contribution in [1.29, 1.82) is 0 Å². The third-order valence-electron chi connectivity index (χ3n) is 4.50. The van der Waals surface area contributed by atoms with E-state index >= 15 is 0 Å². The Kier molecular flexibility index (Phi) is 5.89. The molecule has 0 radical (unpaired) electrons. The first-order valence-electron chi connectivity index (χ1n) is 8.93. The van der Waals surface area contributed by atoms with Gasteiger partial charge in [-0.1, -0.05) is 24.3 Å². The third-order valence-corrected chi connectivity index (χ3v) is 6.30. The molecular formula is C22H22N2O4S. The number of benzene rings is 3. The fourth-order valence-corrected chi connectivity index (χ4v) is 4.02. The molecule has 29 heavy (non-hydrogen) atoms. The van der Waals surface area contributed by atoms with Crippen molar-refractivity contribution < 1.29 is 17.9 Å². The average molecular weight is 410 g/mol. The topological polar surface area (TPSA) is 75.7 Å². The van der Waals surface area contributed by atoms with Gasteiger partial charge in [0, 0.05) is 12.6 Å². The number of amides is 1. The molecule has 0 fully saturated rings. The highest BCUT2D eigenvalue weighted by Crippen LogP contribution is 2.26. The minimum Gasteiger partial charge on any atom is -0.495 e.